The maximum Gasteiger partial charge on any atom is 0.166 e. The summed E-state index contributed by atoms with van der Waals surface area (Å²) >= 11 is 0. The molecular weight excluding hydrogens is 418 g/mol. The van der Waals surface area contributed by atoms with Gasteiger partial charge in [0, 0.05) is 28.9 Å². The van der Waals surface area contributed by atoms with Crippen molar-refractivity contribution >= 4 is 10.8 Å². The number of halogens is 2. The van der Waals surface area contributed by atoms with Crippen LogP contribution in [0, 0.1) is 29.4 Å². The van der Waals surface area contributed by atoms with Crippen LogP contribution in [0.4, 0.5) is 8.78 Å². The molecule has 172 valence electrons. The Kier molecular flexibility index (Phi) is 8.10. The summed E-state index contributed by atoms with van der Waals surface area (Å²) in [7, 11) is 0. The summed E-state index contributed by atoms with van der Waals surface area (Å²) in [5.41, 5.74) is 2.89. The van der Waals surface area contributed by atoms with Crippen molar-refractivity contribution in [1.29, 1.82) is 0 Å². The van der Waals surface area contributed by atoms with Crippen molar-refractivity contribution in [3.63, 3.8) is 0 Å². The number of rotatable bonds is 7. The Hall–Kier alpha value is -2.74. The van der Waals surface area contributed by atoms with Gasteiger partial charge in [0.1, 0.15) is 0 Å². The topological polar surface area (TPSA) is 18.5 Å². The van der Waals surface area contributed by atoms with E-state index in [2.05, 4.69) is 30.9 Å². The fourth-order valence-corrected chi connectivity index (χ4v) is 4.13. The molecule has 1 fully saturated rings. The Bertz CT molecular complexity index is 1120. The predicted octanol–water partition coefficient (Wildman–Crippen LogP) is 7.02. The van der Waals surface area contributed by atoms with Crippen LogP contribution in [-0.2, 0) is 15.9 Å². The summed E-state index contributed by atoms with van der Waals surface area (Å²) in [5, 5.41) is 0.901. The molecule has 0 bridgehead atoms. The lowest BCUT2D eigenvalue weighted by atomic mass is 10.0. The van der Waals surface area contributed by atoms with Gasteiger partial charge in [-0.15, -0.1) is 0 Å². The third-order valence-corrected chi connectivity index (χ3v) is 6.13. The molecular formula is C29H30F2O2. The van der Waals surface area contributed by atoms with E-state index >= 15 is 0 Å². The standard InChI is InChI=1S/C29H30F2O2/c1-2-3-4-5-24-19-32-28(33-20-24)17-13-22-8-6-21(7-9-22)10-11-23-12-15-26-25(18-23)14-16-27(30)29(26)31/h6-9,12,14-16,18,24,28H,2-5,13,17,19-20H2,1H3. The van der Waals surface area contributed by atoms with Crippen LogP contribution in [0.25, 0.3) is 10.8 Å². The smallest absolute Gasteiger partial charge is 0.166 e. The van der Waals surface area contributed by atoms with Crippen molar-refractivity contribution in [2.24, 2.45) is 5.92 Å². The number of fused-ring (bicyclic) bond motifs is 1. The normalized spacial score (nSPS) is 18.2. The Balaban J connectivity index is 1.28. The minimum atomic E-state index is -0.838. The minimum Gasteiger partial charge on any atom is -0.352 e. The monoisotopic (exact) mass is 448 g/mol. The van der Waals surface area contributed by atoms with Crippen LogP contribution >= 0.6 is 0 Å². The van der Waals surface area contributed by atoms with Crippen LogP contribution < -0.4 is 0 Å². The van der Waals surface area contributed by atoms with E-state index in [1.54, 1.807) is 24.3 Å². The first-order valence-corrected chi connectivity index (χ1v) is 11.8. The average molecular weight is 449 g/mol. The average Bonchev–Trinajstić information content (AvgIpc) is 2.85. The van der Waals surface area contributed by atoms with Crippen molar-refractivity contribution in [3.05, 3.63) is 82.9 Å². The molecule has 0 aliphatic carbocycles. The van der Waals surface area contributed by atoms with Gasteiger partial charge < -0.3 is 9.47 Å². The van der Waals surface area contributed by atoms with Crippen LogP contribution in [0.1, 0.15) is 55.7 Å². The second-order valence-electron chi connectivity index (χ2n) is 8.74. The molecule has 2 nitrogen and oxygen atoms in total. The third kappa shape index (κ3) is 6.41. The molecule has 0 spiro atoms. The highest BCUT2D eigenvalue weighted by Gasteiger charge is 2.21. The zero-order valence-electron chi connectivity index (χ0n) is 19.1. The van der Waals surface area contributed by atoms with E-state index in [0.717, 1.165) is 43.2 Å². The zero-order chi connectivity index (χ0) is 23.0. The largest absolute Gasteiger partial charge is 0.352 e. The molecule has 0 amide bonds. The lowest BCUT2D eigenvalue weighted by Gasteiger charge is -2.29. The summed E-state index contributed by atoms with van der Waals surface area (Å²) in [4.78, 5) is 0. The van der Waals surface area contributed by atoms with E-state index in [1.165, 1.54) is 31.2 Å². The first-order valence-electron chi connectivity index (χ1n) is 11.8. The maximum absolute atomic E-state index is 13.8. The quantitative estimate of drug-likeness (QED) is 0.286. The first-order chi connectivity index (χ1) is 16.1. The maximum atomic E-state index is 13.8. The Morgan fingerprint density at radius 2 is 1.58 bits per heavy atom. The summed E-state index contributed by atoms with van der Waals surface area (Å²) in [6.07, 6.45) is 6.61. The molecule has 33 heavy (non-hydrogen) atoms. The number of hydrogen-bond acceptors (Lipinski definition) is 2. The fraction of sp³-hybridized carbons (Fsp3) is 0.379. The van der Waals surface area contributed by atoms with Crippen molar-refractivity contribution in [2.45, 2.75) is 51.7 Å². The second kappa shape index (κ2) is 11.4. The Morgan fingerprint density at radius 3 is 2.33 bits per heavy atom. The van der Waals surface area contributed by atoms with Crippen molar-refractivity contribution in [3.8, 4) is 11.8 Å². The minimum absolute atomic E-state index is 0.113. The van der Waals surface area contributed by atoms with Gasteiger partial charge in [0.25, 0.3) is 0 Å². The van der Waals surface area contributed by atoms with Crippen molar-refractivity contribution in [2.75, 3.05) is 13.2 Å². The molecule has 0 aromatic heterocycles. The molecule has 1 saturated heterocycles. The van der Waals surface area contributed by atoms with Crippen molar-refractivity contribution < 1.29 is 18.3 Å². The second-order valence-corrected chi connectivity index (χ2v) is 8.74. The highest BCUT2D eigenvalue weighted by molar-refractivity contribution is 5.84. The van der Waals surface area contributed by atoms with Gasteiger partial charge in [-0.1, -0.05) is 62.3 Å². The molecule has 0 atom stereocenters. The summed E-state index contributed by atoms with van der Waals surface area (Å²) < 4.78 is 39.0. The van der Waals surface area contributed by atoms with Crippen LogP contribution in [0.2, 0.25) is 0 Å². The first kappa shape index (κ1) is 23.4. The van der Waals surface area contributed by atoms with Gasteiger partial charge in [-0.2, -0.15) is 0 Å². The van der Waals surface area contributed by atoms with Gasteiger partial charge in [-0.3, -0.25) is 0 Å². The molecule has 4 rings (SSSR count). The Labute approximate surface area is 194 Å². The van der Waals surface area contributed by atoms with E-state index < -0.39 is 11.6 Å². The van der Waals surface area contributed by atoms with E-state index in [9.17, 15) is 8.78 Å². The molecule has 0 radical (unpaired) electrons. The molecule has 4 heteroatoms. The zero-order valence-corrected chi connectivity index (χ0v) is 19.1. The summed E-state index contributed by atoms with van der Waals surface area (Å²) in [6.45, 7) is 3.83. The van der Waals surface area contributed by atoms with Gasteiger partial charge in [0.15, 0.2) is 17.9 Å². The molecule has 1 aliphatic heterocycles. The highest BCUT2D eigenvalue weighted by atomic mass is 19.2. The van der Waals surface area contributed by atoms with E-state index in [-0.39, 0.29) is 11.7 Å². The Morgan fingerprint density at radius 1 is 0.848 bits per heavy atom. The third-order valence-electron chi connectivity index (χ3n) is 6.13. The van der Waals surface area contributed by atoms with Gasteiger partial charge in [0.2, 0.25) is 0 Å². The lowest BCUT2D eigenvalue weighted by Crippen LogP contribution is -2.32. The van der Waals surface area contributed by atoms with Gasteiger partial charge in [0.05, 0.1) is 13.2 Å². The number of unbranched alkanes of at least 4 members (excludes halogenated alkanes) is 2. The van der Waals surface area contributed by atoms with Gasteiger partial charge in [-0.05, 0) is 54.1 Å². The number of ether oxygens (including phenoxy) is 2. The molecule has 0 unspecified atom stereocenters. The SMILES string of the molecule is CCCCCC1COC(CCc2ccc(C#Cc3ccc4c(F)c(F)ccc4c3)cc2)OC1. The molecule has 3 aromatic rings. The van der Waals surface area contributed by atoms with E-state index in [0.29, 0.717) is 11.3 Å². The number of hydrogen-bond donors (Lipinski definition) is 0. The van der Waals surface area contributed by atoms with E-state index in [4.69, 9.17) is 9.47 Å². The predicted molar refractivity (Wildman–Crippen MR) is 128 cm³/mol. The van der Waals surface area contributed by atoms with Crippen LogP contribution in [-0.4, -0.2) is 19.5 Å². The lowest BCUT2D eigenvalue weighted by molar-refractivity contribution is -0.203. The van der Waals surface area contributed by atoms with Gasteiger partial charge in [-0.25, -0.2) is 8.78 Å². The highest BCUT2D eigenvalue weighted by Crippen LogP contribution is 2.22. The summed E-state index contributed by atoms with van der Waals surface area (Å²) in [5.74, 6) is 5.13. The molecule has 1 heterocycles. The molecule has 1 aliphatic rings. The van der Waals surface area contributed by atoms with Crippen LogP contribution in [0.5, 0.6) is 0 Å². The summed E-state index contributed by atoms with van der Waals surface area (Å²) in [6, 6.07) is 15.9. The van der Waals surface area contributed by atoms with E-state index in [1.807, 2.05) is 12.1 Å². The fourth-order valence-electron chi connectivity index (χ4n) is 4.13. The van der Waals surface area contributed by atoms with Gasteiger partial charge >= 0.3 is 0 Å². The number of aryl methyl sites for hydroxylation is 1. The van der Waals surface area contributed by atoms with Crippen LogP contribution in [0.15, 0.2) is 54.6 Å². The number of benzene rings is 3. The molecule has 3 aromatic carbocycles. The van der Waals surface area contributed by atoms with Crippen molar-refractivity contribution in [1.82, 2.24) is 0 Å². The van der Waals surface area contributed by atoms with Crippen LogP contribution in [0.3, 0.4) is 0 Å². The molecule has 0 N–H and O–H groups in total. The molecule has 0 saturated carbocycles.